The second-order valence-electron chi connectivity index (χ2n) is 5.50. The molecule has 0 aliphatic heterocycles. The number of hydrogen-bond donors (Lipinski definition) is 1. The number of para-hydroxylation sites is 1. The van der Waals surface area contributed by atoms with Crippen LogP contribution in [0.2, 0.25) is 0 Å². The lowest BCUT2D eigenvalue weighted by Gasteiger charge is -2.11. The molecule has 1 amide bonds. The van der Waals surface area contributed by atoms with Gasteiger partial charge >= 0.3 is 0 Å². The first-order chi connectivity index (χ1) is 11.6. The molecule has 0 spiro atoms. The lowest BCUT2D eigenvalue weighted by Crippen LogP contribution is -2.26. The number of rotatable bonds is 6. The molecule has 24 heavy (non-hydrogen) atoms. The first-order valence-corrected chi connectivity index (χ1v) is 8.77. The van der Waals surface area contributed by atoms with Gasteiger partial charge in [-0.3, -0.25) is 4.79 Å². The maximum Gasteiger partial charge on any atom is 0.221 e. The van der Waals surface area contributed by atoms with Crippen molar-refractivity contribution >= 4 is 28.6 Å². The Bertz CT molecular complexity index is 813. The Balaban J connectivity index is 1.51. The molecule has 1 atom stereocenters. The Morgan fingerprint density at radius 2 is 1.96 bits per heavy atom. The van der Waals surface area contributed by atoms with E-state index in [-0.39, 0.29) is 17.8 Å². The Kier molecular flexibility index (Phi) is 5.20. The first-order valence-electron chi connectivity index (χ1n) is 7.78. The van der Waals surface area contributed by atoms with E-state index in [0.29, 0.717) is 17.1 Å². The van der Waals surface area contributed by atoms with Gasteiger partial charge in [-0.25, -0.2) is 4.39 Å². The number of furan rings is 1. The zero-order valence-electron chi connectivity index (χ0n) is 13.3. The molecule has 0 aliphatic carbocycles. The summed E-state index contributed by atoms with van der Waals surface area (Å²) in [5, 5.41) is 3.94. The molecule has 124 valence electrons. The summed E-state index contributed by atoms with van der Waals surface area (Å²) in [6, 6.07) is 16.1. The number of halogens is 1. The molecule has 1 aromatic heterocycles. The van der Waals surface area contributed by atoms with Crippen molar-refractivity contribution in [3.63, 3.8) is 0 Å². The SMILES string of the molecule is CC(NC(=O)CCSc1ccccc1F)c1cc2ccccc2o1. The van der Waals surface area contributed by atoms with Gasteiger partial charge in [0.15, 0.2) is 0 Å². The molecule has 3 aromatic rings. The third-order valence-corrected chi connectivity index (χ3v) is 4.72. The van der Waals surface area contributed by atoms with Crippen LogP contribution in [-0.4, -0.2) is 11.7 Å². The lowest BCUT2D eigenvalue weighted by molar-refractivity contribution is -0.121. The predicted molar refractivity (Wildman–Crippen MR) is 94.5 cm³/mol. The quantitative estimate of drug-likeness (QED) is 0.645. The normalized spacial score (nSPS) is 12.2. The average molecular weight is 343 g/mol. The molecule has 0 saturated carbocycles. The van der Waals surface area contributed by atoms with Gasteiger partial charge in [0.2, 0.25) is 5.91 Å². The molecule has 0 fully saturated rings. The maximum atomic E-state index is 13.5. The van der Waals surface area contributed by atoms with E-state index in [9.17, 15) is 9.18 Å². The fourth-order valence-corrected chi connectivity index (χ4v) is 3.30. The number of carbonyl (C=O) groups is 1. The summed E-state index contributed by atoms with van der Waals surface area (Å²) in [6.07, 6.45) is 0.323. The number of fused-ring (bicyclic) bond motifs is 1. The monoisotopic (exact) mass is 343 g/mol. The minimum Gasteiger partial charge on any atom is -0.459 e. The third-order valence-electron chi connectivity index (χ3n) is 3.67. The minimum absolute atomic E-state index is 0.0770. The van der Waals surface area contributed by atoms with Crippen molar-refractivity contribution in [3.05, 3.63) is 66.2 Å². The fourth-order valence-electron chi connectivity index (χ4n) is 2.42. The summed E-state index contributed by atoms with van der Waals surface area (Å²) >= 11 is 1.34. The van der Waals surface area contributed by atoms with Gasteiger partial charge in [-0.05, 0) is 31.2 Å². The van der Waals surface area contributed by atoms with Crippen molar-refractivity contribution in [1.29, 1.82) is 0 Å². The van der Waals surface area contributed by atoms with Crippen molar-refractivity contribution in [2.75, 3.05) is 5.75 Å². The first kappa shape index (κ1) is 16.6. The van der Waals surface area contributed by atoms with Crippen LogP contribution in [0.25, 0.3) is 11.0 Å². The Morgan fingerprint density at radius 1 is 1.21 bits per heavy atom. The van der Waals surface area contributed by atoms with Crippen LogP contribution < -0.4 is 5.32 Å². The Hall–Kier alpha value is -2.27. The summed E-state index contributed by atoms with van der Waals surface area (Å²) in [5.74, 6) is 0.927. The van der Waals surface area contributed by atoms with Gasteiger partial charge in [0, 0.05) is 22.5 Å². The highest BCUT2D eigenvalue weighted by Gasteiger charge is 2.14. The molecule has 1 N–H and O–H groups in total. The Labute approximate surface area is 144 Å². The summed E-state index contributed by atoms with van der Waals surface area (Å²) in [7, 11) is 0. The number of hydrogen-bond acceptors (Lipinski definition) is 3. The lowest BCUT2D eigenvalue weighted by atomic mass is 10.2. The van der Waals surface area contributed by atoms with Crippen LogP contribution in [-0.2, 0) is 4.79 Å². The maximum absolute atomic E-state index is 13.5. The highest BCUT2D eigenvalue weighted by molar-refractivity contribution is 7.99. The van der Waals surface area contributed by atoms with Gasteiger partial charge < -0.3 is 9.73 Å². The summed E-state index contributed by atoms with van der Waals surface area (Å²) in [5.41, 5.74) is 0.809. The topological polar surface area (TPSA) is 42.2 Å². The summed E-state index contributed by atoms with van der Waals surface area (Å²) < 4.78 is 19.3. The molecule has 1 heterocycles. The number of thioether (sulfide) groups is 1. The second kappa shape index (κ2) is 7.53. The molecule has 0 aliphatic rings. The van der Waals surface area contributed by atoms with Crippen LogP contribution in [0.3, 0.4) is 0 Å². The molecule has 0 radical (unpaired) electrons. The van der Waals surface area contributed by atoms with E-state index in [0.717, 1.165) is 16.7 Å². The molecule has 5 heteroatoms. The van der Waals surface area contributed by atoms with Crippen LogP contribution >= 0.6 is 11.8 Å². The second-order valence-corrected chi connectivity index (χ2v) is 6.64. The van der Waals surface area contributed by atoms with E-state index in [1.54, 1.807) is 18.2 Å². The zero-order chi connectivity index (χ0) is 16.9. The standard InChI is InChI=1S/C19H18FNO2S/c1-13(17-12-14-6-2-4-8-16(14)23-17)21-19(22)10-11-24-18-9-5-3-7-15(18)20/h2-9,12-13H,10-11H2,1H3,(H,21,22). The van der Waals surface area contributed by atoms with Crippen LogP contribution in [0.5, 0.6) is 0 Å². The number of carbonyl (C=O) groups excluding carboxylic acids is 1. The van der Waals surface area contributed by atoms with Crippen molar-refractivity contribution in [2.24, 2.45) is 0 Å². The van der Waals surface area contributed by atoms with E-state index in [4.69, 9.17) is 4.42 Å². The van der Waals surface area contributed by atoms with Gasteiger partial charge in [0.25, 0.3) is 0 Å². The van der Waals surface area contributed by atoms with Crippen LogP contribution in [0.4, 0.5) is 4.39 Å². The van der Waals surface area contributed by atoms with Gasteiger partial charge in [-0.1, -0.05) is 30.3 Å². The molecule has 3 rings (SSSR count). The molecular weight excluding hydrogens is 325 g/mol. The number of benzene rings is 2. The molecule has 0 bridgehead atoms. The number of amides is 1. The van der Waals surface area contributed by atoms with E-state index in [1.807, 2.05) is 37.3 Å². The molecule has 2 aromatic carbocycles. The fraction of sp³-hybridized carbons (Fsp3) is 0.211. The smallest absolute Gasteiger partial charge is 0.221 e. The predicted octanol–water partition coefficient (Wildman–Crippen LogP) is 4.93. The van der Waals surface area contributed by atoms with E-state index in [1.165, 1.54) is 17.8 Å². The molecule has 0 saturated heterocycles. The van der Waals surface area contributed by atoms with Crippen molar-refractivity contribution in [2.45, 2.75) is 24.3 Å². The van der Waals surface area contributed by atoms with Gasteiger partial charge in [0.05, 0.1) is 6.04 Å². The van der Waals surface area contributed by atoms with E-state index >= 15 is 0 Å². The Morgan fingerprint density at radius 3 is 2.75 bits per heavy atom. The van der Waals surface area contributed by atoms with Gasteiger partial charge in [-0.2, -0.15) is 0 Å². The van der Waals surface area contributed by atoms with Crippen LogP contribution in [0.1, 0.15) is 25.1 Å². The largest absolute Gasteiger partial charge is 0.459 e. The van der Waals surface area contributed by atoms with Gasteiger partial charge in [-0.15, -0.1) is 11.8 Å². The highest BCUT2D eigenvalue weighted by atomic mass is 32.2. The minimum atomic E-state index is -0.251. The average Bonchev–Trinajstić information content (AvgIpc) is 3.01. The molecule has 3 nitrogen and oxygen atoms in total. The van der Waals surface area contributed by atoms with E-state index in [2.05, 4.69) is 5.32 Å². The highest BCUT2D eigenvalue weighted by Crippen LogP contribution is 2.24. The number of nitrogens with one attached hydrogen (secondary N) is 1. The van der Waals surface area contributed by atoms with Crippen molar-refractivity contribution in [3.8, 4) is 0 Å². The van der Waals surface area contributed by atoms with Crippen LogP contribution in [0, 0.1) is 5.82 Å². The van der Waals surface area contributed by atoms with E-state index < -0.39 is 0 Å². The third kappa shape index (κ3) is 3.97. The molecular formula is C19H18FNO2S. The van der Waals surface area contributed by atoms with Crippen LogP contribution in [0.15, 0.2) is 63.9 Å². The molecule has 1 unspecified atom stereocenters. The summed E-state index contributed by atoms with van der Waals surface area (Å²) in [6.45, 7) is 1.89. The van der Waals surface area contributed by atoms with Crippen molar-refractivity contribution in [1.82, 2.24) is 5.32 Å². The summed E-state index contributed by atoms with van der Waals surface area (Å²) in [4.78, 5) is 12.6. The zero-order valence-corrected chi connectivity index (χ0v) is 14.1. The van der Waals surface area contributed by atoms with Crippen molar-refractivity contribution < 1.29 is 13.6 Å². The van der Waals surface area contributed by atoms with Gasteiger partial charge in [0.1, 0.15) is 17.2 Å².